The number of carbonyl (C=O) groups is 1. The number of nitro groups is 1. The normalized spacial score (nSPS) is 11.9. The molecule has 0 aliphatic carbocycles. The molecule has 7 nitrogen and oxygen atoms in total. The van der Waals surface area contributed by atoms with Crippen LogP contribution in [0.3, 0.4) is 0 Å². The van der Waals surface area contributed by atoms with E-state index in [0.717, 1.165) is 12.1 Å². The zero-order chi connectivity index (χ0) is 15.1. The van der Waals surface area contributed by atoms with E-state index in [0.29, 0.717) is 13.0 Å². The molecule has 20 heavy (non-hydrogen) atoms. The molecule has 1 unspecified atom stereocenters. The molecule has 0 aliphatic heterocycles. The highest BCUT2D eigenvalue weighted by Gasteiger charge is 2.16. The number of nitrogens with zero attached hydrogens (tertiary/aromatic N) is 1. The van der Waals surface area contributed by atoms with Crippen LogP contribution in [0.5, 0.6) is 5.75 Å². The second kappa shape index (κ2) is 7.39. The van der Waals surface area contributed by atoms with E-state index in [-0.39, 0.29) is 12.4 Å². The quantitative estimate of drug-likeness (QED) is 0.546. The van der Waals surface area contributed by atoms with Gasteiger partial charge in [0.15, 0.2) is 0 Å². The molecule has 110 valence electrons. The number of likely N-dealkylation sites (N-methyl/N-ethyl adjacent to an activating group) is 1. The van der Waals surface area contributed by atoms with Gasteiger partial charge in [-0.3, -0.25) is 14.9 Å². The van der Waals surface area contributed by atoms with E-state index in [1.807, 2.05) is 6.92 Å². The van der Waals surface area contributed by atoms with Crippen molar-refractivity contribution in [3.8, 4) is 5.75 Å². The SMILES string of the molecule is CCNC(CCOc1ccc([N+](=O)[O-])c(F)c1)C(N)=O. The van der Waals surface area contributed by atoms with Gasteiger partial charge in [-0.05, 0) is 12.6 Å². The number of carbonyl (C=O) groups excluding carboxylic acids is 1. The Kier molecular flexibility index (Phi) is 5.85. The van der Waals surface area contributed by atoms with Crippen LogP contribution in [0.25, 0.3) is 0 Å². The summed E-state index contributed by atoms with van der Waals surface area (Å²) in [7, 11) is 0. The van der Waals surface area contributed by atoms with Gasteiger partial charge >= 0.3 is 5.69 Å². The molecule has 0 saturated heterocycles. The zero-order valence-electron chi connectivity index (χ0n) is 11.0. The predicted octanol–water partition coefficient (Wildman–Crippen LogP) is 0.966. The van der Waals surface area contributed by atoms with Crippen molar-refractivity contribution in [2.45, 2.75) is 19.4 Å². The summed E-state index contributed by atoms with van der Waals surface area (Å²) in [5, 5.41) is 13.3. The maximum atomic E-state index is 13.3. The minimum absolute atomic E-state index is 0.137. The van der Waals surface area contributed by atoms with Gasteiger partial charge in [0.05, 0.1) is 17.6 Å². The van der Waals surface area contributed by atoms with Crippen molar-refractivity contribution in [1.82, 2.24) is 5.32 Å². The lowest BCUT2D eigenvalue weighted by Crippen LogP contribution is -2.42. The van der Waals surface area contributed by atoms with Crippen LogP contribution in [0.1, 0.15) is 13.3 Å². The van der Waals surface area contributed by atoms with E-state index >= 15 is 0 Å². The standard InChI is InChI=1S/C12H16FN3O4/c1-2-15-10(12(14)17)5-6-20-8-3-4-11(16(18)19)9(13)7-8/h3-4,7,10,15H,2,5-6H2,1H3,(H2,14,17). The van der Waals surface area contributed by atoms with Crippen LogP contribution in [0.4, 0.5) is 10.1 Å². The molecule has 1 aromatic carbocycles. The molecule has 0 aromatic heterocycles. The molecule has 0 saturated carbocycles. The maximum absolute atomic E-state index is 13.3. The minimum atomic E-state index is -0.967. The molecule has 0 spiro atoms. The third-order valence-corrected chi connectivity index (χ3v) is 2.59. The fourth-order valence-electron chi connectivity index (χ4n) is 1.61. The molecule has 1 rings (SSSR count). The Labute approximate surface area is 115 Å². The van der Waals surface area contributed by atoms with Crippen molar-refractivity contribution in [1.29, 1.82) is 0 Å². The highest BCUT2D eigenvalue weighted by molar-refractivity contribution is 5.79. The molecule has 1 amide bonds. The van der Waals surface area contributed by atoms with Crippen molar-refractivity contribution >= 4 is 11.6 Å². The lowest BCUT2D eigenvalue weighted by atomic mass is 10.2. The summed E-state index contributed by atoms with van der Waals surface area (Å²) in [6, 6.07) is 2.74. The Morgan fingerprint density at radius 3 is 2.80 bits per heavy atom. The van der Waals surface area contributed by atoms with Gasteiger partial charge < -0.3 is 15.8 Å². The van der Waals surface area contributed by atoms with E-state index in [4.69, 9.17) is 10.5 Å². The highest BCUT2D eigenvalue weighted by Crippen LogP contribution is 2.22. The highest BCUT2D eigenvalue weighted by atomic mass is 19.1. The summed E-state index contributed by atoms with van der Waals surface area (Å²) in [5.41, 5.74) is 4.58. The first-order chi connectivity index (χ1) is 9.45. The number of benzene rings is 1. The number of hydrogen-bond donors (Lipinski definition) is 2. The van der Waals surface area contributed by atoms with E-state index in [1.165, 1.54) is 6.07 Å². The van der Waals surface area contributed by atoms with Gasteiger partial charge in [0.1, 0.15) is 5.75 Å². The van der Waals surface area contributed by atoms with Crippen LogP contribution in [0.2, 0.25) is 0 Å². The van der Waals surface area contributed by atoms with E-state index in [2.05, 4.69) is 5.32 Å². The second-order valence-electron chi connectivity index (χ2n) is 4.02. The minimum Gasteiger partial charge on any atom is -0.493 e. The lowest BCUT2D eigenvalue weighted by molar-refractivity contribution is -0.387. The molecule has 1 atom stereocenters. The van der Waals surface area contributed by atoms with Gasteiger partial charge in [-0.15, -0.1) is 0 Å². The number of nitro benzene ring substituents is 1. The Hall–Kier alpha value is -2.22. The summed E-state index contributed by atoms with van der Waals surface area (Å²) >= 11 is 0. The predicted molar refractivity (Wildman–Crippen MR) is 69.8 cm³/mol. The van der Waals surface area contributed by atoms with Gasteiger partial charge in [-0.25, -0.2) is 0 Å². The van der Waals surface area contributed by atoms with E-state index in [1.54, 1.807) is 0 Å². The Morgan fingerprint density at radius 2 is 2.30 bits per heavy atom. The van der Waals surface area contributed by atoms with Crippen LogP contribution >= 0.6 is 0 Å². The van der Waals surface area contributed by atoms with Crippen molar-refractivity contribution < 1.29 is 18.8 Å². The third kappa shape index (κ3) is 4.47. The largest absolute Gasteiger partial charge is 0.493 e. The average Bonchev–Trinajstić information content (AvgIpc) is 2.37. The third-order valence-electron chi connectivity index (χ3n) is 2.59. The molecular formula is C12H16FN3O4. The molecule has 3 N–H and O–H groups in total. The topological polar surface area (TPSA) is 107 Å². The number of amides is 1. The average molecular weight is 285 g/mol. The van der Waals surface area contributed by atoms with Crippen LogP contribution < -0.4 is 15.8 Å². The first kappa shape index (κ1) is 15.8. The molecular weight excluding hydrogens is 269 g/mol. The number of nitrogens with two attached hydrogens (primary N) is 1. The van der Waals surface area contributed by atoms with E-state index in [9.17, 15) is 19.3 Å². The maximum Gasteiger partial charge on any atom is 0.305 e. The number of halogens is 1. The van der Waals surface area contributed by atoms with Crippen LogP contribution in [0, 0.1) is 15.9 Å². The first-order valence-corrected chi connectivity index (χ1v) is 6.05. The van der Waals surface area contributed by atoms with Gasteiger partial charge in [0.25, 0.3) is 0 Å². The van der Waals surface area contributed by atoms with Gasteiger partial charge in [0.2, 0.25) is 11.7 Å². The second-order valence-corrected chi connectivity index (χ2v) is 4.02. The first-order valence-electron chi connectivity index (χ1n) is 6.05. The molecule has 0 bridgehead atoms. The molecule has 8 heteroatoms. The Morgan fingerprint density at radius 1 is 1.60 bits per heavy atom. The van der Waals surface area contributed by atoms with Gasteiger partial charge in [0, 0.05) is 18.6 Å². The monoisotopic (exact) mass is 285 g/mol. The smallest absolute Gasteiger partial charge is 0.305 e. The zero-order valence-corrected chi connectivity index (χ0v) is 11.0. The number of rotatable bonds is 8. The Bertz CT molecular complexity index is 496. The molecule has 1 aromatic rings. The fourth-order valence-corrected chi connectivity index (χ4v) is 1.61. The van der Waals surface area contributed by atoms with Crippen molar-refractivity contribution in [3.05, 3.63) is 34.1 Å². The van der Waals surface area contributed by atoms with Crippen molar-refractivity contribution in [3.63, 3.8) is 0 Å². The van der Waals surface area contributed by atoms with Crippen molar-refractivity contribution in [2.24, 2.45) is 5.73 Å². The summed E-state index contributed by atoms with van der Waals surface area (Å²) in [4.78, 5) is 20.7. The summed E-state index contributed by atoms with van der Waals surface area (Å²) < 4.78 is 18.6. The van der Waals surface area contributed by atoms with Crippen LogP contribution in [-0.4, -0.2) is 30.0 Å². The Balaban J connectivity index is 2.55. The number of ether oxygens (including phenoxy) is 1. The van der Waals surface area contributed by atoms with Gasteiger partial charge in [-0.2, -0.15) is 4.39 Å². The molecule has 0 radical (unpaired) electrons. The molecule has 0 fully saturated rings. The number of hydrogen-bond acceptors (Lipinski definition) is 5. The van der Waals surface area contributed by atoms with Gasteiger partial charge in [-0.1, -0.05) is 6.92 Å². The molecule has 0 heterocycles. The summed E-state index contributed by atoms with van der Waals surface area (Å²) in [6.07, 6.45) is 0.321. The van der Waals surface area contributed by atoms with Crippen LogP contribution in [0.15, 0.2) is 18.2 Å². The summed E-state index contributed by atoms with van der Waals surface area (Å²) in [6.45, 7) is 2.56. The van der Waals surface area contributed by atoms with E-state index < -0.39 is 28.4 Å². The summed E-state index contributed by atoms with van der Waals surface area (Å²) in [5.74, 6) is -1.30. The fraction of sp³-hybridized carbons (Fsp3) is 0.417. The van der Waals surface area contributed by atoms with Crippen molar-refractivity contribution in [2.75, 3.05) is 13.2 Å². The number of primary amides is 1. The molecule has 0 aliphatic rings. The lowest BCUT2D eigenvalue weighted by Gasteiger charge is -2.14. The number of nitrogens with one attached hydrogen (secondary N) is 1. The van der Waals surface area contributed by atoms with Crippen LogP contribution in [-0.2, 0) is 4.79 Å².